The van der Waals surface area contributed by atoms with Crippen LogP contribution in [-0.4, -0.2) is 47.2 Å². The van der Waals surface area contributed by atoms with Gasteiger partial charge in [0.2, 0.25) is 5.78 Å². The van der Waals surface area contributed by atoms with Crippen LogP contribution in [0.1, 0.15) is 67.5 Å². The average Bonchev–Trinajstić information content (AvgIpc) is 3.54. The van der Waals surface area contributed by atoms with E-state index in [1.54, 1.807) is 25.4 Å². The van der Waals surface area contributed by atoms with Crippen molar-refractivity contribution in [1.82, 2.24) is 15.0 Å². The van der Waals surface area contributed by atoms with Gasteiger partial charge in [-0.05, 0) is 18.9 Å². The molecule has 188 valence electrons. The molecule has 1 aromatic carbocycles. The Bertz CT molecular complexity index is 1110. The largest absolute Gasteiger partial charge is 0.494 e. The normalized spacial score (nSPS) is 18.2. The van der Waals surface area contributed by atoms with Gasteiger partial charge in [-0.3, -0.25) is 4.79 Å². The van der Waals surface area contributed by atoms with Gasteiger partial charge in [-0.15, -0.1) is 0 Å². The average molecular weight is 487 g/mol. The fourth-order valence-electron chi connectivity index (χ4n) is 4.08. The van der Waals surface area contributed by atoms with Crippen LogP contribution in [0, 0.1) is 5.82 Å². The maximum absolute atomic E-state index is 15.0. The molecule has 1 atom stereocenters. The maximum Gasteiger partial charge on any atom is 0.263 e. The van der Waals surface area contributed by atoms with Crippen molar-refractivity contribution < 1.29 is 27.8 Å². The number of unbranched alkanes of at least 4 members (excludes halogenated alkanes) is 2. The number of halogens is 1. The van der Waals surface area contributed by atoms with Crippen molar-refractivity contribution in [2.75, 3.05) is 14.2 Å². The summed E-state index contributed by atoms with van der Waals surface area (Å²) in [5, 5.41) is 0. The van der Waals surface area contributed by atoms with E-state index in [0.717, 1.165) is 32.1 Å². The molecule has 0 spiro atoms. The molecule has 10 heteroatoms. The fraction of sp³-hybridized carbons (Fsp3) is 0.480. The Morgan fingerprint density at radius 2 is 2.06 bits per heavy atom. The highest BCUT2D eigenvalue weighted by Gasteiger charge is 2.31. The minimum atomic E-state index is -0.497. The van der Waals surface area contributed by atoms with Crippen LogP contribution in [0.15, 0.2) is 35.2 Å². The molecule has 3 aromatic rings. The zero-order valence-electron chi connectivity index (χ0n) is 20.0. The van der Waals surface area contributed by atoms with Crippen LogP contribution in [0.5, 0.6) is 11.5 Å². The van der Waals surface area contributed by atoms with E-state index in [2.05, 4.69) is 15.0 Å². The molecular weight excluding hydrogens is 455 g/mol. The second-order valence-corrected chi connectivity index (χ2v) is 8.70. The first-order valence-electron chi connectivity index (χ1n) is 11.8. The number of hydrogen-bond acceptors (Lipinski definition) is 8. The lowest BCUT2D eigenvalue weighted by Crippen LogP contribution is -2.38. The van der Waals surface area contributed by atoms with Crippen molar-refractivity contribution in [2.24, 2.45) is 5.73 Å². The number of hydrogen-bond donors (Lipinski definition) is 2. The quantitative estimate of drug-likeness (QED) is 0.265. The monoisotopic (exact) mass is 486 g/mol. The Labute approximate surface area is 203 Å². The van der Waals surface area contributed by atoms with Crippen LogP contribution in [-0.2, 0) is 4.74 Å². The Morgan fingerprint density at radius 1 is 1.23 bits per heavy atom. The standard InChI is InChI=1S/C25H31FN4O5/c1-32-15-10-16(11-15)35-17-12-18(23(26)22(13-17)33-2)20-14-29-24(30-20)19(27)6-4-3-5-7-21(31)25-28-8-9-34-25/h8-9,12-16,19H,3-7,10-11,27H2,1-2H3,(H,29,30)/t15-,16-,19-/m0/s1. The third-order valence-corrected chi connectivity index (χ3v) is 6.25. The third-order valence-electron chi connectivity index (χ3n) is 6.25. The molecule has 2 aromatic heterocycles. The first kappa shape index (κ1) is 24.9. The van der Waals surface area contributed by atoms with Crippen molar-refractivity contribution in [2.45, 2.75) is 63.2 Å². The number of Topliss-reactive ketones (excluding diaryl/α,β-unsaturated/α-hetero) is 1. The van der Waals surface area contributed by atoms with Gasteiger partial charge in [0, 0.05) is 38.0 Å². The first-order chi connectivity index (χ1) is 17.0. The number of carbonyl (C=O) groups is 1. The van der Waals surface area contributed by atoms with Crippen molar-refractivity contribution in [3.63, 3.8) is 0 Å². The van der Waals surface area contributed by atoms with Crippen LogP contribution in [0.2, 0.25) is 0 Å². The third kappa shape index (κ3) is 6.07. The molecule has 1 aliphatic rings. The lowest BCUT2D eigenvalue weighted by molar-refractivity contribution is -0.0381. The summed E-state index contributed by atoms with van der Waals surface area (Å²) in [5.74, 6) is 0.743. The highest BCUT2D eigenvalue weighted by atomic mass is 19.1. The van der Waals surface area contributed by atoms with E-state index in [9.17, 15) is 4.79 Å². The zero-order valence-corrected chi connectivity index (χ0v) is 20.0. The van der Waals surface area contributed by atoms with E-state index in [0.29, 0.717) is 35.7 Å². The second-order valence-electron chi connectivity index (χ2n) is 8.70. The first-order valence-corrected chi connectivity index (χ1v) is 11.8. The van der Waals surface area contributed by atoms with Gasteiger partial charge in [0.1, 0.15) is 23.9 Å². The predicted octanol–water partition coefficient (Wildman–Crippen LogP) is 4.60. The molecule has 35 heavy (non-hydrogen) atoms. The summed E-state index contributed by atoms with van der Waals surface area (Å²) in [6.07, 6.45) is 9.68. The van der Waals surface area contributed by atoms with E-state index in [1.165, 1.54) is 19.6 Å². The Balaban J connectivity index is 1.32. The van der Waals surface area contributed by atoms with Gasteiger partial charge in [0.05, 0.1) is 37.3 Å². The highest BCUT2D eigenvalue weighted by Crippen LogP contribution is 2.36. The number of H-pyrrole nitrogens is 1. The van der Waals surface area contributed by atoms with E-state index >= 15 is 4.39 Å². The number of carbonyl (C=O) groups excluding carboxylic acids is 1. The molecule has 0 saturated heterocycles. The summed E-state index contributed by atoms with van der Waals surface area (Å²) in [7, 11) is 3.10. The SMILES string of the molecule is COc1cc(O[C@H]2C[C@H](OC)C2)cc(-c2cnc([C@@H](N)CCCCCC(=O)c3ncco3)[nH]2)c1F. The van der Waals surface area contributed by atoms with Gasteiger partial charge < -0.3 is 29.3 Å². The number of ether oxygens (including phenoxy) is 3. The van der Waals surface area contributed by atoms with Crippen LogP contribution < -0.4 is 15.2 Å². The van der Waals surface area contributed by atoms with Gasteiger partial charge >= 0.3 is 0 Å². The smallest absolute Gasteiger partial charge is 0.263 e. The molecular formula is C25H31FN4O5. The molecule has 3 N–H and O–H groups in total. The number of imidazole rings is 1. The second kappa shape index (κ2) is 11.5. The molecule has 4 rings (SSSR count). The summed E-state index contributed by atoms with van der Waals surface area (Å²) in [5.41, 5.74) is 7.11. The lowest BCUT2D eigenvalue weighted by Gasteiger charge is -2.34. The van der Waals surface area contributed by atoms with Gasteiger partial charge in [-0.25, -0.2) is 14.4 Å². The number of aromatic amines is 1. The fourth-order valence-corrected chi connectivity index (χ4v) is 4.08. The number of aromatic nitrogens is 3. The van der Waals surface area contributed by atoms with E-state index < -0.39 is 5.82 Å². The Kier molecular flexibility index (Phi) is 8.14. The number of nitrogens with zero attached hydrogens (tertiary/aromatic N) is 2. The van der Waals surface area contributed by atoms with Crippen molar-refractivity contribution in [3.8, 4) is 22.8 Å². The Hall–Kier alpha value is -3.24. The van der Waals surface area contributed by atoms with Crippen molar-refractivity contribution in [3.05, 3.63) is 48.3 Å². The van der Waals surface area contributed by atoms with Gasteiger partial charge in [-0.1, -0.05) is 12.8 Å². The summed E-state index contributed by atoms with van der Waals surface area (Å²) < 4.78 is 36.6. The molecule has 1 saturated carbocycles. The number of nitrogens with one attached hydrogen (secondary N) is 1. The molecule has 2 heterocycles. The van der Waals surface area contributed by atoms with Gasteiger partial charge in [0.25, 0.3) is 5.89 Å². The van der Waals surface area contributed by atoms with Crippen molar-refractivity contribution >= 4 is 5.78 Å². The number of oxazole rings is 1. The molecule has 1 aliphatic carbocycles. The van der Waals surface area contributed by atoms with Crippen LogP contribution in [0.3, 0.4) is 0 Å². The van der Waals surface area contributed by atoms with Gasteiger partial charge in [-0.2, -0.15) is 0 Å². The topological polar surface area (TPSA) is 125 Å². The molecule has 0 bridgehead atoms. The summed E-state index contributed by atoms with van der Waals surface area (Å²) in [4.78, 5) is 23.3. The number of methoxy groups -OCH3 is 2. The summed E-state index contributed by atoms with van der Waals surface area (Å²) >= 11 is 0. The lowest BCUT2D eigenvalue weighted by atomic mass is 9.92. The summed E-state index contributed by atoms with van der Waals surface area (Å²) in [6.45, 7) is 0. The maximum atomic E-state index is 15.0. The molecule has 9 nitrogen and oxygen atoms in total. The van der Waals surface area contributed by atoms with E-state index in [1.807, 2.05) is 0 Å². The van der Waals surface area contributed by atoms with Crippen molar-refractivity contribution in [1.29, 1.82) is 0 Å². The number of rotatable bonds is 13. The molecule has 0 radical (unpaired) electrons. The molecule has 1 fully saturated rings. The number of ketones is 1. The van der Waals surface area contributed by atoms with Crippen LogP contribution in [0.25, 0.3) is 11.3 Å². The molecule has 0 aliphatic heterocycles. The van der Waals surface area contributed by atoms with Gasteiger partial charge in [0.15, 0.2) is 11.6 Å². The van der Waals surface area contributed by atoms with Crippen LogP contribution >= 0.6 is 0 Å². The predicted molar refractivity (Wildman–Crippen MR) is 126 cm³/mol. The number of benzene rings is 1. The summed E-state index contributed by atoms with van der Waals surface area (Å²) in [6, 6.07) is 2.86. The Morgan fingerprint density at radius 3 is 2.77 bits per heavy atom. The van der Waals surface area contributed by atoms with E-state index in [4.69, 9.17) is 24.4 Å². The molecule has 0 amide bonds. The molecule has 0 unspecified atom stereocenters. The zero-order chi connectivity index (χ0) is 24.8. The van der Waals surface area contributed by atoms with E-state index in [-0.39, 0.29) is 35.7 Å². The van der Waals surface area contributed by atoms with Crippen LogP contribution in [0.4, 0.5) is 4.39 Å². The number of nitrogens with two attached hydrogens (primary N) is 1. The minimum absolute atomic E-state index is 0.0272. The minimum Gasteiger partial charge on any atom is -0.494 e. The highest BCUT2D eigenvalue weighted by molar-refractivity contribution is 5.91.